The number of aliphatic carboxylic acids is 1. The van der Waals surface area contributed by atoms with Gasteiger partial charge >= 0.3 is 5.97 Å². The second-order valence-corrected chi connectivity index (χ2v) is 14.1. The number of anilines is 1. The van der Waals surface area contributed by atoms with Crippen molar-refractivity contribution in [2.75, 3.05) is 11.9 Å². The van der Waals surface area contributed by atoms with E-state index < -0.39 is 5.97 Å². The number of hydrogen-bond donors (Lipinski definition) is 3. The molecule has 0 atom stereocenters. The summed E-state index contributed by atoms with van der Waals surface area (Å²) in [4.78, 5) is 29.7. The van der Waals surface area contributed by atoms with Crippen molar-refractivity contribution in [3.8, 4) is 11.3 Å². The zero-order chi connectivity index (χ0) is 28.5. The average Bonchev–Trinajstić information content (AvgIpc) is 3.15. The first-order valence-corrected chi connectivity index (χ1v) is 14.7. The van der Waals surface area contributed by atoms with Gasteiger partial charge in [0.15, 0.2) is 0 Å². The van der Waals surface area contributed by atoms with Gasteiger partial charge in [0, 0.05) is 47.2 Å². The van der Waals surface area contributed by atoms with E-state index in [0.717, 1.165) is 41.6 Å². The maximum atomic E-state index is 13.4. The maximum Gasteiger partial charge on any atom is 0.306 e. The number of carboxylic acid groups (broad SMARTS) is 1. The average molecular weight is 537 g/mol. The monoisotopic (exact) mass is 536 g/mol. The van der Waals surface area contributed by atoms with Gasteiger partial charge in [0.05, 0.1) is 11.5 Å². The van der Waals surface area contributed by atoms with Crippen molar-refractivity contribution in [1.29, 1.82) is 0 Å². The SMILES string of the molecule is Cc1c(C(=O)N[C@H]2C[C@H](C(=O)O)C2)cc(-c2cc(NCC(C)(C)C)nc(C(C)(C)C)c2)n1CC1CCCCC1. The van der Waals surface area contributed by atoms with Crippen LogP contribution in [-0.2, 0) is 16.8 Å². The molecule has 2 aliphatic carbocycles. The topological polar surface area (TPSA) is 96.2 Å². The normalized spacial score (nSPS) is 20.4. The third kappa shape index (κ3) is 7.23. The number of carbonyl (C=O) groups is 2. The Bertz CT molecular complexity index is 1190. The fraction of sp³-hybridized carbons (Fsp3) is 0.656. The molecule has 0 radical (unpaired) electrons. The van der Waals surface area contributed by atoms with Crippen molar-refractivity contribution < 1.29 is 14.7 Å². The molecule has 0 saturated heterocycles. The van der Waals surface area contributed by atoms with Crippen LogP contribution in [0.2, 0.25) is 0 Å². The third-order valence-electron chi connectivity index (χ3n) is 8.29. The number of carboxylic acids is 1. The Balaban J connectivity index is 1.72. The highest BCUT2D eigenvalue weighted by atomic mass is 16.4. The number of aromatic nitrogens is 2. The standard InChI is InChI=1S/C32H48N4O3/c1-20-25(29(37)34-24-13-23(14-24)30(38)39)17-26(36(20)18-21-11-9-8-10-12-21)22-15-27(32(5,6)7)35-28(16-22)33-19-31(2,3)4/h15-17,21,23-24H,8-14,18-19H2,1-7H3,(H,33,35)(H,34,37)(H,38,39)/t23-,24-. The molecule has 0 spiro atoms. The molecular formula is C32H48N4O3. The van der Waals surface area contributed by atoms with Crippen LogP contribution in [0.25, 0.3) is 11.3 Å². The van der Waals surface area contributed by atoms with Gasteiger partial charge in [0.1, 0.15) is 5.82 Å². The first-order valence-electron chi connectivity index (χ1n) is 14.7. The lowest BCUT2D eigenvalue weighted by Gasteiger charge is -2.32. The summed E-state index contributed by atoms with van der Waals surface area (Å²) in [5.41, 5.74) is 4.77. The first-order chi connectivity index (χ1) is 18.2. The van der Waals surface area contributed by atoms with Gasteiger partial charge in [-0.15, -0.1) is 0 Å². The van der Waals surface area contributed by atoms with Crippen molar-refractivity contribution >= 4 is 17.7 Å². The van der Waals surface area contributed by atoms with Gasteiger partial charge in [-0.25, -0.2) is 4.98 Å². The highest BCUT2D eigenvalue weighted by Crippen LogP contribution is 2.35. The number of pyridine rings is 1. The molecule has 39 heavy (non-hydrogen) atoms. The Morgan fingerprint density at radius 1 is 1.03 bits per heavy atom. The molecule has 7 nitrogen and oxygen atoms in total. The van der Waals surface area contributed by atoms with Crippen LogP contribution in [0.4, 0.5) is 5.82 Å². The molecule has 2 heterocycles. The highest BCUT2D eigenvalue weighted by molar-refractivity contribution is 5.97. The molecule has 214 valence electrons. The lowest BCUT2D eigenvalue weighted by Crippen LogP contribution is -2.46. The molecule has 0 aliphatic heterocycles. The fourth-order valence-corrected chi connectivity index (χ4v) is 5.69. The van der Waals surface area contributed by atoms with Crippen molar-refractivity contribution in [2.24, 2.45) is 17.3 Å². The smallest absolute Gasteiger partial charge is 0.306 e. The van der Waals surface area contributed by atoms with Crippen LogP contribution in [-0.4, -0.2) is 39.1 Å². The zero-order valence-corrected chi connectivity index (χ0v) is 25.0. The van der Waals surface area contributed by atoms with Gasteiger partial charge in [-0.3, -0.25) is 9.59 Å². The van der Waals surface area contributed by atoms with Crippen LogP contribution in [0.15, 0.2) is 18.2 Å². The van der Waals surface area contributed by atoms with E-state index in [1.165, 1.54) is 32.1 Å². The highest BCUT2D eigenvalue weighted by Gasteiger charge is 2.36. The molecule has 3 N–H and O–H groups in total. The summed E-state index contributed by atoms with van der Waals surface area (Å²) >= 11 is 0. The number of nitrogens with zero attached hydrogens (tertiary/aromatic N) is 2. The molecule has 0 bridgehead atoms. The lowest BCUT2D eigenvalue weighted by molar-refractivity contribution is -0.145. The van der Waals surface area contributed by atoms with Gasteiger partial charge in [0.25, 0.3) is 5.91 Å². The van der Waals surface area contributed by atoms with Crippen LogP contribution in [0.3, 0.4) is 0 Å². The summed E-state index contributed by atoms with van der Waals surface area (Å²) in [6.07, 6.45) is 7.28. The Hall–Kier alpha value is -2.83. The van der Waals surface area contributed by atoms with Gasteiger partial charge in [-0.2, -0.15) is 0 Å². The van der Waals surface area contributed by atoms with Gasteiger partial charge < -0.3 is 20.3 Å². The summed E-state index contributed by atoms with van der Waals surface area (Å²) < 4.78 is 2.35. The van der Waals surface area contributed by atoms with E-state index in [9.17, 15) is 14.7 Å². The summed E-state index contributed by atoms with van der Waals surface area (Å²) in [5, 5.41) is 15.9. The largest absolute Gasteiger partial charge is 0.481 e. The van der Waals surface area contributed by atoms with Crippen LogP contribution < -0.4 is 10.6 Å². The molecule has 4 rings (SSSR count). The number of carbonyl (C=O) groups excluding carboxylic acids is 1. The second-order valence-electron chi connectivity index (χ2n) is 14.1. The van der Waals surface area contributed by atoms with E-state index in [2.05, 4.69) is 68.9 Å². The fourth-order valence-electron chi connectivity index (χ4n) is 5.69. The van der Waals surface area contributed by atoms with E-state index in [4.69, 9.17) is 4.98 Å². The van der Waals surface area contributed by atoms with Crippen molar-refractivity contribution in [3.63, 3.8) is 0 Å². The van der Waals surface area contributed by atoms with Crippen LogP contribution in [0, 0.1) is 24.2 Å². The lowest BCUT2D eigenvalue weighted by atomic mass is 9.80. The molecule has 0 unspecified atom stereocenters. The minimum Gasteiger partial charge on any atom is -0.481 e. The van der Waals surface area contributed by atoms with Crippen molar-refractivity contribution in [2.45, 2.75) is 111 Å². The first kappa shape index (κ1) is 29.2. The van der Waals surface area contributed by atoms with E-state index >= 15 is 0 Å². The molecule has 2 aromatic rings. The minimum absolute atomic E-state index is 0.0789. The maximum absolute atomic E-state index is 13.4. The Kier molecular flexibility index (Phi) is 8.48. The van der Waals surface area contributed by atoms with Gasteiger partial charge in [-0.1, -0.05) is 60.8 Å². The number of hydrogen-bond acceptors (Lipinski definition) is 4. The summed E-state index contributed by atoms with van der Waals surface area (Å²) in [6, 6.07) is 6.26. The van der Waals surface area contributed by atoms with Crippen LogP contribution in [0.5, 0.6) is 0 Å². The van der Waals surface area contributed by atoms with Crippen LogP contribution in [0.1, 0.15) is 108 Å². The van der Waals surface area contributed by atoms with Crippen molar-refractivity contribution in [1.82, 2.24) is 14.9 Å². The quantitative estimate of drug-likeness (QED) is 0.345. The summed E-state index contributed by atoms with van der Waals surface area (Å²) in [5.74, 6) is 0.219. The number of nitrogens with one attached hydrogen (secondary N) is 2. The Morgan fingerprint density at radius 3 is 2.28 bits per heavy atom. The number of rotatable bonds is 8. The molecule has 1 amide bonds. The molecule has 2 saturated carbocycles. The van der Waals surface area contributed by atoms with Gasteiger partial charge in [0.2, 0.25) is 0 Å². The molecule has 0 aromatic carbocycles. The van der Waals surface area contributed by atoms with E-state index in [1.54, 1.807) is 0 Å². The zero-order valence-electron chi connectivity index (χ0n) is 25.0. The molecule has 7 heteroatoms. The molecular weight excluding hydrogens is 488 g/mol. The Labute approximate surface area is 234 Å². The third-order valence-corrected chi connectivity index (χ3v) is 8.29. The predicted molar refractivity (Wildman–Crippen MR) is 157 cm³/mol. The number of amides is 1. The minimum atomic E-state index is -0.777. The summed E-state index contributed by atoms with van der Waals surface area (Å²) in [6.45, 7) is 16.9. The van der Waals surface area contributed by atoms with E-state index in [1.807, 2.05) is 13.0 Å². The Morgan fingerprint density at radius 2 is 1.69 bits per heavy atom. The summed E-state index contributed by atoms with van der Waals surface area (Å²) in [7, 11) is 0. The van der Waals surface area contributed by atoms with E-state index in [-0.39, 0.29) is 28.7 Å². The predicted octanol–water partition coefficient (Wildman–Crippen LogP) is 6.79. The van der Waals surface area contributed by atoms with Gasteiger partial charge in [-0.05, 0) is 62.1 Å². The van der Waals surface area contributed by atoms with E-state index in [0.29, 0.717) is 24.3 Å². The molecule has 2 fully saturated rings. The molecule has 2 aliphatic rings. The second kappa shape index (κ2) is 11.3. The van der Waals surface area contributed by atoms with Crippen molar-refractivity contribution in [3.05, 3.63) is 35.2 Å². The molecule has 2 aromatic heterocycles. The van der Waals surface area contributed by atoms with Crippen LogP contribution >= 0.6 is 0 Å².